The lowest BCUT2D eigenvalue weighted by Gasteiger charge is -2.16. The van der Waals surface area contributed by atoms with Gasteiger partial charge in [-0.25, -0.2) is 9.97 Å². The Balaban J connectivity index is 2.17. The number of aryl methyl sites for hydroxylation is 1. The summed E-state index contributed by atoms with van der Waals surface area (Å²) in [6.45, 7) is 12.0. The largest absolute Gasteiger partial charge is 0.383 e. The molecule has 0 aliphatic rings. The minimum absolute atomic E-state index is 0.203. The molecule has 3 aromatic rings. The maximum Gasteiger partial charge on any atom is 0.135 e. The lowest BCUT2D eigenvalue weighted by atomic mass is 10.1. The number of anilines is 1. The van der Waals surface area contributed by atoms with Gasteiger partial charge in [0.1, 0.15) is 5.82 Å². The number of fused-ring (bicyclic) bond motifs is 1. The molecular formula is C22H29ClN4O. The van der Waals surface area contributed by atoms with Crippen LogP contribution in [-0.4, -0.2) is 34.8 Å². The van der Waals surface area contributed by atoms with Crippen LogP contribution in [0.1, 0.15) is 50.9 Å². The molecule has 5 nitrogen and oxygen atoms in total. The summed E-state index contributed by atoms with van der Waals surface area (Å²) in [4.78, 5) is 9.76. The average Bonchev–Trinajstić information content (AvgIpc) is 2.97. The zero-order chi connectivity index (χ0) is 20.4. The highest BCUT2D eigenvalue weighted by molar-refractivity contribution is 6.33. The molecule has 150 valence electrons. The number of halogens is 1. The summed E-state index contributed by atoms with van der Waals surface area (Å²) in [7, 11) is 1.72. The van der Waals surface area contributed by atoms with E-state index in [9.17, 15) is 0 Å². The van der Waals surface area contributed by atoms with Gasteiger partial charge in [-0.2, -0.15) is 0 Å². The van der Waals surface area contributed by atoms with Crippen LogP contribution in [0.3, 0.4) is 0 Å². The minimum atomic E-state index is 0.203. The molecule has 0 aliphatic heterocycles. The molecule has 0 unspecified atom stereocenters. The second-order valence-electron chi connectivity index (χ2n) is 7.53. The number of methoxy groups -OCH3 is 1. The van der Waals surface area contributed by atoms with Crippen molar-refractivity contribution in [1.82, 2.24) is 14.5 Å². The number of aromatic nitrogens is 3. The molecule has 3 rings (SSSR count). The number of nitrogens with zero attached hydrogens (tertiary/aromatic N) is 3. The maximum atomic E-state index is 6.71. The third kappa shape index (κ3) is 3.87. The minimum Gasteiger partial charge on any atom is -0.383 e. The smallest absolute Gasteiger partial charge is 0.135 e. The van der Waals surface area contributed by atoms with E-state index in [4.69, 9.17) is 26.3 Å². The van der Waals surface area contributed by atoms with Crippen molar-refractivity contribution in [3.63, 3.8) is 0 Å². The molecule has 28 heavy (non-hydrogen) atoms. The van der Waals surface area contributed by atoms with Gasteiger partial charge in [-0.1, -0.05) is 25.4 Å². The first-order valence-corrected chi connectivity index (χ1v) is 10.2. The van der Waals surface area contributed by atoms with Crippen LogP contribution < -0.4 is 5.32 Å². The first-order chi connectivity index (χ1) is 13.4. The molecule has 0 saturated heterocycles. The van der Waals surface area contributed by atoms with Crippen LogP contribution in [0.15, 0.2) is 24.4 Å². The van der Waals surface area contributed by atoms with E-state index >= 15 is 0 Å². The Kier molecular flexibility index (Phi) is 6.26. The summed E-state index contributed by atoms with van der Waals surface area (Å²) in [6.07, 6.45) is 2.12. The first-order valence-electron chi connectivity index (χ1n) is 9.79. The molecule has 0 amide bonds. The van der Waals surface area contributed by atoms with Crippen LogP contribution in [0, 0.1) is 6.92 Å². The summed E-state index contributed by atoms with van der Waals surface area (Å²) in [5.41, 5.74) is 5.83. The van der Waals surface area contributed by atoms with Gasteiger partial charge in [-0.3, -0.25) is 0 Å². The molecule has 0 aromatic carbocycles. The van der Waals surface area contributed by atoms with Gasteiger partial charge in [0.05, 0.1) is 34.4 Å². The zero-order valence-corrected chi connectivity index (χ0v) is 18.3. The van der Waals surface area contributed by atoms with E-state index in [1.807, 2.05) is 6.07 Å². The molecule has 0 radical (unpaired) electrons. The van der Waals surface area contributed by atoms with Crippen molar-refractivity contribution >= 4 is 28.5 Å². The summed E-state index contributed by atoms with van der Waals surface area (Å²) in [5.74, 6) is 1.18. The van der Waals surface area contributed by atoms with Crippen LogP contribution in [-0.2, 0) is 4.74 Å². The number of nitrogens with one attached hydrogen (secondary N) is 1. The van der Waals surface area contributed by atoms with Gasteiger partial charge in [0.15, 0.2) is 0 Å². The van der Waals surface area contributed by atoms with Crippen LogP contribution in [0.25, 0.3) is 22.3 Å². The van der Waals surface area contributed by atoms with Crippen molar-refractivity contribution < 1.29 is 4.74 Å². The summed E-state index contributed by atoms with van der Waals surface area (Å²) in [6, 6.07) is 6.33. The molecule has 0 saturated carbocycles. The Morgan fingerprint density at radius 2 is 1.96 bits per heavy atom. The maximum absolute atomic E-state index is 6.71. The third-order valence-corrected chi connectivity index (χ3v) is 5.22. The average molecular weight is 401 g/mol. The van der Waals surface area contributed by atoms with Crippen molar-refractivity contribution in [2.45, 2.75) is 46.6 Å². The third-order valence-electron chi connectivity index (χ3n) is 4.93. The van der Waals surface area contributed by atoms with Crippen molar-refractivity contribution in [1.29, 1.82) is 0 Å². The molecule has 0 spiro atoms. The predicted octanol–water partition coefficient (Wildman–Crippen LogP) is 5.82. The van der Waals surface area contributed by atoms with E-state index in [-0.39, 0.29) is 6.04 Å². The molecular weight excluding hydrogens is 372 g/mol. The fraction of sp³-hybridized carbons (Fsp3) is 0.455. The number of pyridine rings is 2. The van der Waals surface area contributed by atoms with Crippen LogP contribution >= 0.6 is 11.6 Å². The van der Waals surface area contributed by atoms with Gasteiger partial charge in [0.2, 0.25) is 0 Å². The fourth-order valence-electron chi connectivity index (χ4n) is 3.47. The standard InChI is InChI=1S/C22H29ClN4O/c1-7-24-22-16(8-9-18(25-22)13(2)3)21-17(23)10-19-20(26-21)14(4)11-27(19)15(5)12-28-6/h8-11,13,15H,7,12H2,1-6H3,(H,24,25)/t15-/m0/s1. The van der Waals surface area contributed by atoms with E-state index in [0.717, 1.165) is 45.9 Å². The predicted molar refractivity (Wildman–Crippen MR) is 118 cm³/mol. The Morgan fingerprint density at radius 1 is 1.21 bits per heavy atom. The Morgan fingerprint density at radius 3 is 2.61 bits per heavy atom. The Hall–Kier alpha value is -2.11. The molecule has 0 fully saturated rings. The van der Waals surface area contributed by atoms with Gasteiger partial charge in [0.25, 0.3) is 0 Å². The summed E-state index contributed by atoms with van der Waals surface area (Å²) in [5, 5.41) is 3.99. The number of rotatable bonds is 7. The SMILES string of the molecule is CCNc1nc(C(C)C)ccc1-c1nc2c(C)cn([C@@H](C)COC)c2cc1Cl. The fourth-order valence-corrected chi connectivity index (χ4v) is 3.72. The Labute approximate surface area is 172 Å². The lowest BCUT2D eigenvalue weighted by molar-refractivity contribution is 0.164. The van der Waals surface area contributed by atoms with Gasteiger partial charge in [-0.05, 0) is 50.5 Å². The summed E-state index contributed by atoms with van der Waals surface area (Å²) < 4.78 is 7.50. The molecule has 3 heterocycles. The highest BCUT2D eigenvalue weighted by Crippen LogP contribution is 2.36. The van der Waals surface area contributed by atoms with Crippen molar-refractivity contribution in [3.8, 4) is 11.3 Å². The van der Waals surface area contributed by atoms with E-state index in [1.165, 1.54) is 0 Å². The van der Waals surface area contributed by atoms with Gasteiger partial charge in [0, 0.05) is 31.1 Å². The van der Waals surface area contributed by atoms with Crippen molar-refractivity contribution in [2.75, 3.05) is 25.6 Å². The monoisotopic (exact) mass is 400 g/mol. The Bertz CT molecular complexity index is 980. The van der Waals surface area contributed by atoms with Crippen LogP contribution in [0.4, 0.5) is 5.82 Å². The van der Waals surface area contributed by atoms with E-state index in [0.29, 0.717) is 17.5 Å². The van der Waals surface area contributed by atoms with Crippen molar-refractivity contribution in [2.24, 2.45) is 0 Å². The molecule has 6 heteroatoms. The van der Waals surface area contributed by atoms with E-state index in [1.54, 1.807) is 7.11 Å². The van der Waals surface area contributed by atoms with E-state index in [2.05, 4.69) is 62.8 Å². The summed E-state index contributed by atoms with van der Waals surface area (Å²) >= 11 is 6.71. The first kappa shape index (κ1) is 20.6. The van der Waals surface area contributed by atoms with Gasteiger partial charge in [-0.15, -0.1) is 0 Å². The second-order valence-corrected chi connectivity index (χ2v) is 7.93. The van der Waals surface area contributed by atoms with Crippen molar-refractivity contribution in [3.05, 3.63) is 40.7 Å². The highest BCUT2D eigenvalue weighted by atomic mass is 35.5. The zero-order valence-electron chi connectivity index (χ0n) is 17.5. The second kappa shape index (κ2) is 8.50. The topological polar surface area (TPSA) is 52.0 Å². The number of ether oxygens (including phenoxy) is 1. The van der Waals surface area contributed by atoms with Gasteiger partial charge < -0.3 is 14.6 Å². The number of hydrogen-bond acceptors (Lipinski definition) is 4. The molecule has 0 aliphatic carbocycles. The molecule has 1 N–H and O–H groups in total. The quantitative estimate of drug-likeness (QED) is 0.542. The molecule has 0 bridgehead atoms. The van der Waals surface area contributed by atoms with Gasteiger partial charge >= 0.3 is 0 Å². The van der Waals surface area contributed by atoms with Crippen LogP contribution in [0.5, 0.6) is 0 Å². The lowest BCUT2D eigenvalue weighted by Crippen LogP contribution is -2.10. The molecule has 3 aromatic heterocycles. The van der Waals surface area contributed by atoms with Crippen LogP contribution in [0.2, 0.25) is 5.02 Å². The number of hydrogen-bond donors (Lipinski definition) is 1. The van der Waals surface area contributed by atoms with E-state index < -0.39 is 0 Å². The molecule has 1 atom stereocenters. The normalized spacial score (nSPS) is 12.7. The highest BCUT2D eigenvalue weighted by Gasteiger charge is 2.18.